The van der Waals surface area contributed by atoms with Crippen molar-refractivity contribution in [3.8, 4) is 0 Å². The van der Waals surface area contributed by atoms with Gasteiger partial charge in [0, 0.05) is 17.1 Å². The second-order valence-corrected chi connectivity index (χ2v) is 8.27. The molecule has 4 heteroatoms. The van der Waals surface area contributed by atoms with E-state index < -0.39 is 12.4 Å². The molecule has 0 bridgehead atoms. The molecule has 1 saturated carbocycles. The second-order valence-electron chi connectivity index (χ2n) is 8.27. The summed E-state index contributed by atoms with van der Waals surface area (Å²) in [6.07, 6.45) is 4.08. The van der Waals surface area contributed by atoms with Crippen LogP contribution in [0, 0.1) is 29.6 Å². The Hall–Kier alpha value is -1.13. The lowest BCUT2D eigenvalue weighted by molar-refractivity contribution is -0.153. The van der Waals surface area contributed by atoms with Gasteiger partial charge < -0.3 is 14.9 Å². The van der Waals surface area contributed by atoms with Crippen molar-refractivity contribution < 1.29 is 19.7 Å². The van der Waals surface area contributed by atoms with E-state index in [1.54, 1.807) is 0 Å². The topological polar surface area (TPSA) is 66.8 Å². The van der Waals surface area contributed by atoms with Crippen molar-refractivity contribution in [3.63, 3.8) is 0 Å². The molecule has 0 aromatic rings. The number of carbonyl (C=O) groups is 1. The molecule has 0 unspecified atom stereocenters. The molecule has 2 aliphatic carbocycles. The van der Waals surface area contributed by atoms with E-state index in [1.165, 1.54) is 5.57 Å². The van der Waals surface area contributed by atoms with E-state index in [9.17, 15) is 15.0 Å². The Kier molecular flexibility index (Phi) is 4.89. The van der Waals surface area contributed by atoms with Gasteiger partial charge in [0.2, 0.25) is 6.29 Å². The van der Waals surface area contributed by atoms with Crippen molar-refractivity contribution in [2.45, 2.75) is 65.8 Å². The van der Waals surface area contributed by atoms with Crippen LogP contribution in [0.3, 0.4) is 0 Å². The third-order valence-electron chi connectivity index (χ3n) is 6.13. The summed E-state index contributed by atoms with van der Waals surface area (Å²) >= 11 is 0. The fourth-order valence-electron chi connectivity index (χ4n) is 4.77. The molecule has 0 spiro atoms. The number of rotatable bonds is 4. The number of aliphatic hydroxyl groups excluding tert-OH is 2. The second kappa shape index (κ2) is 6.64. The highest BCUT2D eigenvalue weighted by Crippen LogP contribution is 2.56. The average Bonchev–Trinajstić information content (AvgIpc) is 3.19. The lowest BCUT2D eigenvalue weighted by Gasteiger charge is -2.34. The van der Waals surface area contributed by atoms with Crippen LogP contribution < -0.4 is 0 Å². The maximum atomic E-state index is 12.3. The standard InChI is InChI=1S/C20H30O4/c1-10(2)6-5-7-11(3)16-15(21)8-12(4)13-9-14(13)17-18(16)20(23)24-19(17)22/h6,11-16,20-21,23H,5,7-9H2,1-4H3/t11-,12-,13+,14+,15-,16-,20-/m0/s1. The number of hydrogen-bond donors (Lipinski definition) is 2. The average molecular weight is 334 g/mol. The van der Waals surface area contributed by atoms with Gasteiger partial charge in [0.1, 0.15) is 0 Å². The van der Waals surface area contributed by atoms with Crippen molar-refractivity contribution in [3.05, 3.63) is 22.8 Å². The van der Waals surface area contributed by atoms with E-state index in [0.29, 0.717) is 23.0 Å². The van der Waals surface area contributed by atoms with Crippen LogP contribution in [0.25, 0.3) is 0 Å². The fraction of sp³-hybridized carbons (Fsp3) is 0.750. The highest BCUT2D eigenvalue weighted by molar-refractivity contribution is 5.93. The first kappa shape index (κ1) is 17.7. The number of aliphatic hydroxyl groups is 2. The monoisotopic (exact) mass is 334 g/mol. The minimum absolute atomic E-state index is 0.187. The number of allylic oxidation sites excluding steroid dienone is 2. The zero-order chi connectivity index (χ0) is 17.6. The molecule has 0 aromatic heterocycles. The Morgan fingerprint density at radius 1 is 1.33 bits per heavy atom. The minimum Gasteiger partial charge on any atom is -0.428 e. The predicted octanol–water partition coefficient (Wildman–Crippen LogP) is 3.19. The van der Waals surface area contributed by atoms with Crippen LogP contribution in [-0.2, 0) is 9.53 Å². The third-order valence-corrected chi connectivity index (χ3v) is 6.13. The van der Waals surface area contributed by atoms with Gasteiger partial charge in [-0.15, -0.1) is 0 Å². The summed E-state index contributed by atoms with van der Waals surface area (Å²) in [5, 5.41) is 21.2. The number of cyclic esters (lactones) is 1. The van der Waals surface area contributed by atoms with Gasteiger partial charge in [-0.2, -0.15) is 0 Å². The van der Waals surface area contributed by atoms with Gasteiger partial charge in [0.25, 0.3) is 0 Å². The molecule has 1 fully saturated rings. The van der Waals surface area contributed by atoms with Crippen LogP contribution in [0.5, 0.6) is 0 Å². The molecule has 0 radical (unpaired) electrons. The normalized spacial score (nSPS) is 39.3. The molecular formula is C20H30O4. The number of fused-ring (bicyclic) bond motifs is 2. The largest absolute Gasteiger partial charge is 0.428 e. The Balaban J connectivity index is 1.91. The number of esters is 1. The van der Waals surface area contributed by atoms with E-state index in [1.807, 2.05) is 0 Å². The zero-order valence-electron chi connectivity index (χ0n) is 15.2. The van der Waals surface area contributed by atoms with E-state index in [-0.39, 0.29) is 23.7 Å². The molecule has 0 amide bonds. The van der Waals surface area contributed by atoms with Gasteiger partial charge in [0.15, 0.2) is 0 Å². The Morgan fingerprint density at radius 2 is 2.04 bits per heavy atom. The molecule has 3 rings (SSSR count). The SMILES string of the molecule is CC(C)=CCC[C@H](C)[C@@H]1C2=C(C(=O)O[C@@H]2O)[C@@H]2C[C@@H]2[C@@H](C)C[C@@H]1O. The summed E-state index contributed by atoms with van der Waals surface area (Å²) in [7, 11) is 0. The van der Waals surface area contributed by atoms with Gasteiger partial charge in [0.05, 0.1) is 6.10 Å². The van der Waals surface area contributed by atoms with Gasteiger partial charge in [-0.05, 0) is 63.2 Å². The molecule has 134 valence electrons. The summed E-state index contributed by atoms with van der Waals surface area (Å²) in [6.45, 7) is 8.45. The fourth-order valence-corrected chi connectivity index (χ4v) is 4.77. The van der Waals surface area contributed by atoms with Crippen LogP contribution in [0.4, 0.5) is 0 Å². The third kappa shape index (κ3) is 3.18. The van der Waals surface area contributed by atoms with Crippen molar-refractivity contribution in [2.24, 2.45) is 29.6 Å². The maximum Gasteiger partial charge on any atom is 0.337 e. The van der Waals surface area contributed by atoms with Crippen LogP contribution >= 0.6 is 0 Å². The van der Waals surface area contributed by atoms with Gasteiger partial charge >= 0.3 is 5.97 Å². The molecule has 1 heterocycles. The molecule has 1 aliphatic heterocycles. The summed E-state index contributed by atoms with van der Waals surface area (Å²) in [4.78, 5) is 12.3. The van der Waals surface area contributed by atoms with Crippen LogP contribution in [0.15, 0.2) is 22.8 Å². The first-order chi connectivity index (χ1) is 11.3. The summed E-state index contributed by atoms with van der Waals surface area (Å²) in [6, 6.07) is 0. The van der Waals surface area contributed by atoms with Crippen molar-refractivity contribution >= 4 is 5.97 Å². The minimum atomic E-state index is -1.17. The lowest BCUT2D eigenvalue weighted by atomic mass is 9.73. The van der Waals surface area contributed by atoms with E-state index in [4.69, 9.17) is 4.74 Å². The van der Waals surface area contributed by atoms with E-state index in [2.05, 4.69) is 33.8 Å². The van der Waals surface area contributed by atoms with Gasteiger partial charge in [-0.25, -0.2) is 4.79 Å². The summed E-state index contributed by atoms with van der Waals surface area (Å²) < 4.78 is 5.14. The predicted molar refractivity (Wildman–Crippen MR) is 91.8 cm³/mol. The molecule has 24 heavy (non-hydrogen) atoms. The molecule has 3 aliphatic rings. The lowest BCUT2D eigenvalue weighted by Crippen LogP contribution is -2.35. The molecule has 4 nitrogen and oxygen atoms in total. The molecule has 2 N–H and O–H groups in total. The first-order valence-corrected chi connectivity index (χ1v) is 9.25. The Labute approximate surface area is 144 Å². The molecule has 7 atom stereocenters. The Morgan fingerprint density at radius 3 is 2.71 bits per heavy atom. The van der Waals surface area contributed by atoms with Crippen LogP contribution in [0.1, 0.15) is 53.4 Å². The highest BCUT2D eigenvalue weighted by Gasteiger charge is 2.54. The Bertz CT molecular complexity index is 572. The number of carbonyl (C=O) groups excluding carboxylic acids is 1. The van der Waals surface area contributed by atoms with Crippen LogP contribution in [-0.4, -0.2) is 28.6 Å². The number of ether oxygens (including phenoxy) is 1. The van der Waals surface area contributed by atoms with Crippen molar-refractivity contribution in [1.82, 2.24) is 0 Å². The van der Waals surface area contributed by atoms with E-state index in [0.717, 1.165) is 25.7 Å². The maximum absolute atomic E-state index is 12.3. The quantitative estimate of drug-likeness (QED) is 0.612. The van der Waals surface area contributed by atoms with Crippen molar-refractivity contribution in [2.75, 3.05) is 0 Å². The van der Waals surface area contributed by atoms with Gasteiger partial charge in [-0.1, -0.05) is 25.5 Å². The van der Waals surface area contributed by atoms with E-state index >= 15 is 0 Å². The first-order valence-electron chi connectivity index (χ1n) is 9.25. The molecular weight excluding hydrogens is 304 g/mol. The summed E-state index contributed by atoms with van der Waals surface area (Å²) in [5.74, 6) is 0.692. The molecule has 0 saturated heterocycles. The zero-order valence-corrected chi connectivity index (χ0v) is 15.2. The smallest absolute Gasteiger partial charge is 0.337 e. The highest BCUT2D eigenvalue weighted by atomic mass is 16.6. The summed E-state index contributed by atoms with van der Waals surface area (Å²) in [5.41, 5.74) is 2.64. The van der Waals surface area contributed by atoms with Gasteiger partial charge in [-0.3, -0.25) is 0 Å². The number of hydrogen-bond acceptors (Lipinski definition) is 4. The van der Waals surface area contributed by atoms with Crippen LogP contribution in [0.2, 0.25) is 0 Å². The van der Waals surface area contributed by atoms with Crippen molar-refractivity contribution in [1.29, 1.82) is 0 Å². The molecule has 0 aromatic carbocycles.